The van der Waals surface area contributed by atoms with E-state index in [2.05, 4.69) is 75.3 Å². The number of rotatable bonds is 2. The monoisotopic (exact) mass is 225 g/mol. The van der Waals surface area contributed by atoms with Crippen LogP contribution in [0.15, 0.2) is 42.5 Å². The minimum absolute atomic E-state index is 1.29. The third-order valence-electron chi connectivity index (χ3n) is 3.16. The first-order valence-corrected chi connectivity index (χ1v) is 5.94. The highest BCUT2D eigenvalue weighted by molar-refractivity contribution is 5.75. The van der Waals surface area contributed by atoms with Gasteiger partial charge in [-0.25, -0.2) is 0 Å². The molecule has 0 aliphatic heterocycles. The summed E-state index contributed by atoms with van der Waals surface area (Å²) in [7, 11) is 4.20. The molecule has 88 valence electrons. The molecule has 0 bridgehead atoms. The fraction of sp³-hybridized carbons (Fsp3) is 0.250. The Labute approximate surface area is 104 Å². The van der Waals surface area contributed by atoms with E-state index in [1.54, 1.807) is 0 Å². The molecule has 1 heteroatoms. The van der Waals surface area contributed by atoms with Crippen LogP contribution in [0, 0.1) is 13.8 Å². The fourth-order valence-electron chi connectivity index (χ4n) is 2.45. The first kappa shape index (κ1) is 11.7. The Kier molecular flexibility index (Phi) is 3.19. The normalized spacial score (nSPS) is 10.4. The van der Waals surface area contributed by atoms with Gasteiger partial charge in [-0.05, 0) is 36.1 Å². The highest BCUT2D eigenvalue weighted by atomic mass is 15.1. The van der Waals surface area contributed by atoms with Gasteiger partial charge >= 0.3 is 0 Å². The molecule has 0 saturated carbocycles. The summed E-state index contributed by atoms with van der Waals surface area (Å²) in [5.41, 5.74) is 6.60. The third-order valence-corrected chi connectivity index (χ3v) is 3.16. The maximum Gasteiger partial charge on any atom is 0.0426 e. The van der Waals surface area contributed by atoms with Crippen molar-refractivity contribution in [2.24, 2.45) is 0 Å². The van der Waals surface area contributed by atoms with Crippen molar-refractivity contribution in [3.63, 3.8) is 0 Å². The highest BCUT2D eigenvalue weighted by Gasteiger charge is 2.10. The largest absolute Gasteiger partial charge is 0.377 e. The number of hydrogen-bond acceptors (Lipinski definition) is 1. The first-order chi connectivity index (χ1) is 8.11. The van der Waals surface area contributed by atoms with E-state index in [1.165, 1.54) is 27.9 Å². The lowest BCUT2D eigenvalue weighted by molar-refractivity contribution is 1.10. The molecule has 2 aromatic carbocycles. The van der Waals surface area contributed by atoms with Crippen LogP contribution in [-0.2, 0) is 0 Å². The van der Waals surface area contributed by atoms with Gasteiger partial charge in [-0.1, -0.05) is 42.5 Å². The third kappa shape index (κ3) is 2.19. The summed E-state index contributed by atoms with van der Waals surface area (Å²) < 4.78 is 0. The number of anilines is 1. The second-order valence-electron chi connectivity index (χ2n) is 4.66. The zero-order valence-corrected chi connectivity index (χ0v) is 11.0. The molecule has 0 heterocycles. The predicted molar refractivity (Wildman–Crippen MR) is 75.7 cm³/mol. The van der Waals surface area contributed by atoms with Crippen LogP contribution in [0.25, 0.3) is 11.1 Å². The zero-order valence-electron chi connectivity index (χ0n) is 11.0. The minimum Gasteiger partial charge on any atom is -0.377 e. The molecule has 0 aromatic heterocycles. The Morgan fingerprint density at radius 2 is 1.47 bits per heavy atom. The molecule has 0 aliphatic carbocycles. The second kappa shape index (κ2) is 4.62. The van der Waals surface area contributed by atoms with E-state index in [0.717, 1.165) is 0 Å². The summed E-state index contributed by atoms with van der Waals surface area (Å²) in [6.07, 6.45) is 0. The van der Waals surface area contributed by atoms with Gasteiger partial charge in [0.15, 0.2) is 0 Å². The molecular formula is C16H19N. The summed E-state index contributed by atoms with van der Waals surface area (Å²) in [4.78, 5) is 2.19. The van der Waals surface area contributed by atoms with Gasteiger partial charge < -0.3 is 4.90 Å². The van der Waals surface area contributed by atoms with E-state index in [0.29, 0.717) is 0 Å². The Balaban J connectivity index is 2.62. The van der Waals surface area contributed by atoms with Crippen molar-refractivity contribution >= 4 is 5.69 Å². The first-order valence-electron chi connectivity index (χ1n) is 5.94. The predicted octanol–water partition coefficient (Wildman–Crippen LogP) is 4.04. The molecule has 0 unspecified atom stereocenters. The van der Waals surface area contributed by atoms with Gasteiger partial charge in [0.05, 0.1) is 0 Å². The maximum absolute atomic E-state index is 2.22. The molecule has 0 aliphatic rings. The smallest absolute Gasteiger partial charge is 0.0426 e. The average Bonchev–Trinajstić information content (AvgIpc) is 2.30. The van der Waals surface area contributed by atoms with Crippen LogP contribution in [0.3, 0.4) is 0 Å². The van der Waals surface area contributed by atoms with Crippen LogP contribution >= 0.6 is 0 Å². The van der Waals surface area contributed by atoms with Crippen molar-refractivity contribution in [3.05, 3.63) is 53.6 Å². The topological polar surface area (TPSA) is 3.24 Å². The van der Waals surface area contributed by atoms with Gasteiger partial charge in [0.25, 0.3) is 0 Å². The standard InChI is InChI=1S/C16H19N/c1-12-10-11-15(13(2)16(12)17(3)4)14-8-6-5-7-9-14/h5-11H,1-4H3. The summed E-state index contributed by atoms with van der Waals surface area (Å²) in [6.45, 7) is 4.36. The lowest BCUT2D eigenvalue weighted by Crippen LogP contribution is -2.12. The van der Waals surface area contributed by atoms with Gasteiger partial charge in [0.2, 0.25) is 0 Å². The van der Waals surface area contributed by atoms with Crippen LogP contribution in [0.2, 0.25) is 0 Å². The minimum atomic E-state index is 1.29. The molecule has 0 atom stereocenters. The Bertz CT molecular complexity index is 513. The lowest BCUT2D eigenvalue weighted by atomic mass is 9.96. The van der Waals surface area contributed by atoms with E-state index < -0.39 is 0 Å². The van der Waals surface area contributed by atoms with Crippen molar-refractivity contribution in [1.29, 1.82) is 0 Å². The van der Waals surface area contributed by atoms with Crippen LogP contribution in [0.4, 0.5) is 5.69 Å². The summed E-state index contributed by atoms with van der Waals surface area (Å²) >= 11 is 0. The average molecular weight is 225 g/mol. The Morgan fingerprint density at radius 1 is 0.824 bits per heavy atom. The number of hydrogen-bond donors (Lipinski definition) is 0. The van der Waals surface area contributed by atoms with Gasteiger partial charge in [0, 0.05) is 19.8 Å². The summed E-state index contributed by atoms with van der Waals surface area (Å²) in [6, 6.07) is 15.0. The lowest BCUT2D eigenvalue weighted by Gasteiger charge is -2.21. The van der Waals surface area contributed by atoms with E-state index in [1.807, 2.05) is 0 Å². The van der Waals surface area contributed by atoms with Crippen LogP contribution in [0.1, 0.15) is 11.1 Å². The van der Waals surface area contributed by atoms with E-state index >= 15 is 0 Å². The number of benzene rings is 2. The van der Waals surface area contributed by atoms with Crippen molar-refractivity contribution in [2.45, 2.75) is 13.8 Å². The molecule has 0 amide bonds. The fourth-order valence-corrected chi connectivity index (χ4v) is 2.45. The zero-order chi connectivity index (χ0) is 12.4. The number of aryl methyl sites for hydroxylation is 1. The summed E-state index contributed by atoms with van der Waals surface area (Å²) in [5.74, 6) is 0. The highest BCUT2D eigenvalue weighted by Crippen LogP contribution is 2.32. The van der Waals surface area contributed by atoms with Gasteiger partial charge in [0.1, 0.15) is 0 Å². The van der Waals surface area contributed by atoms with Crippen molar-refractivity contribution in [3.8, 4) is 11.1 Å². The van der Waals surface area contributed by atoms with Crippen molar-refractivity contribution < 1.29 is 0 Å². The van der Waals surface area contributed by atoms with E-state index in [9.17, 15) is 0 Å². The van der Waals surface area contributed by atoms with Gasteiger partial charge in [-0.3, -0.25) is 0 Å². The van der Waals surface area contributed by atoms with Crippen LogP contribution in [0.5, 0.6) is 0 Å². The van der Waals surface area contributed by atoms with Crippen LogP contribution < -0.4 is 4.90 Å². The van der Waals surface area contributed by atoms with Crippen molar-refractivity contribution in [2.75, 3.05) is 19.0 Å². The molecule has 0 radical (unpaired) electrons. The quantitative estimate of drug-likeness (QED) is 0.745. The second-order valence-corrected chi connectivity index (χ2v) is 4.66. The summed E-state index contributed by atoms with van der Waals surface area (Å²) in [5, 5.41) is 0. The molecule has 0 saturated heterocycles. The molecule has 0 N–H and O–H groups in total. The molecule has 0 spiro atoms. The molecule has 2 aromatic rings. The van der Waals surface area contributed by atoms with E-state index in [4.69, 9.17) is 0 Å². The Hall–Kier alpha value is -1.76. The van der Waals surface area contributed by atoms with E-state index in [-0.39, 0.29) is 0 Å². The molecule has 2 rings (SSSR count). The molecule has 0 fully saturated rings. The van der Waals surface area contributed by atoms with Crippen LogP contribution in [-0.4, -0.2) is 14.1 Å². The Morgan fingerprint density at radius 3 is 2.06 bits per heavy atom. The van der Waals surface area contributed by atoms with Gasteiger partial charge in [-0.15, -0.1) is 0 Å². The molecule has 1 nitrogen and oxygen atoms in total. The molecular weight excluding hydrogens is 206 g/mol. The van der Waals surface area contributed by atoms with Crippen molar-refractivity contribution in [1.82, 2.24) is 0 Å². The SMILES string of the molecule is Cc1ccc(-c2ccccc2)c(C)c1N(C)C. The number of nitrogens with zero attached hydrogens (tertiary/aromatic N) is 1. The maximum atomic E-state index is 2.22. The van der Waals surface area contributed by atoms with Gasteiger partial charge in [-0.2, -0.15) is 0 Å². The molecule has 17 heavy (non-hydrogen) atoms.